The van der Waals surface area contributed by atoms with E-state index in [1.807, 2.05) is 13.8 Å². The fourth-order valence-corrected chi connectivity index (χ4v) is 8.56. The van der Waals surface area contributed by atoms with Gasteiger partial charge in [0.05, 0.1) is 0 Å². The second-order valence-corrected chi connectivity index (χ2v) is 11.4. The number of rotatable bonds is 5. The zero-order valence-electron chi connectivity index (χ0n) is 20.6. The maximum Gasteiger partial charge on any atom is 0.330 e. The largest absolute Gasteiger partial charge is 0.408 e. The number of allylic oxidation sites excluding steroid dienone is 4. The molecule has 3 saturated carbocycles. The van der Waals surface area contributed by atoms with Gasteiger partial charge in [0.1, 0.15) is 12.2 Å². The number of carbonyl (C=O) groups excluding carboxylic acids is 3. The second kappa shape index (κ2) is 7.84. The highest BCUT2D eigenvalue weighted by Gasteiger charge is 2.81. The van der Waals surface area contributed by atoms with Gasteiger partial charge in [0.2, 0.25) is 0 Å². The minimum absolute atomic E-state index is 0.0697. The second-order valence-electron chi connectivity index (χ2n) is 11.4. The van der Waals surface area contributed by atoms with Crippen molar-refractivity contribution in [1.82, 2.24) is 0 Å². The van der Waals surface area contributed by atoms with Crippen LogP contribution < -0.4 is 0 Å². The van der Waals surface area contributed by atoms with Crippen LogP contribution in [-0.2, 0) is 28.6 Å². The summed E-state index contributed by atoms with van der Waals surface area (Å²) in [6.45, 7) is 6.61. The van der Waals surface area contributed by atoms with E-state index >= 15 is 0 Å². The van der Waals surface area contributed by atoms with Gasteiger partial charge in [0, 0.05) is 24.7 Å². The van der Waals surface area contributed by atoms with Gasteiger partial charge in [-0.3, -0.25) is 19.1 Å². The molecule has 4 fully saturated rings. The van der Waals surface area contributed by atoms with E-state index in [4.69, 9.17) is 14.2 Å². The van der Waals surface area contributed by atoms with Crippen molar-refractivity contribution >= 4 is 17.5 Å². The Labute approximate surface area is 200 Å². The topological polar surface area (TPSA) is 99.1 Å². The molecule has 1 saturated heterocycles. The molecular weight excluding hydrogens is 436 g/mol. The summed E-state index contributed by atoms with van der Waals surface area (Å²) in [6, 6.07) is 0. The molecule has 1 N–H and O–H groups in total. The molecule has 34 heavy (non-hydrogen) atoms. The molecule has 0 aromatic rings. The average Bonchev–Trinajstić information content (AvgIpc) is 3.13. The van der Waals surface area contributed by atoms with Gasteiger partial charge >= 0.3 is 11.9 Å². The summed E-state index contributed by atoms with van der Waals surface area (Å²) >= 11 is 0. The van der Waals surface area contributed by atoms with Gasteiger partial charge in [0.25, 0.3) is 0 Å². The maximum atomic E-state index is 13.6. The van der Waals surface area contributed by atoms with Crippen molar-refractivity contribution in [3.8, 4) is 0 Å². The number of carbonyl (C=O) groups is 3. The highest BCUT2D eigenvalue weighted by atomic mass is 16.9. The van der Waals surface area contributed by atoms with Crippen LogP contribution in [0.2, 0.25) is 0 Å². The molecule has 7 nitrogen and oxygen atoms in total. The van der Waals surface area contributed by atoms with E-state index in [-0.39, 0.29) is 17.6 Å². The van der Waals surface area contributed by atoms with E-state index in [2.05, 4.69) is 13.0 Å². The first-order chi connectivity index (χ1) is 16.0. The molecular formula is C27H36O7. The van der Waals surface area contributed by atoms with Crippen molar-refractivity contribution in [2.45, 2.75) is 89.8 Å². The third kappa shape index (κ3) is 3.02. The van der Waals surface area contributed by atoms with Gasteiger partial charge in [-0.2, -0.15) is 0 Å². The SMILES string of the molecule is CCCC1(OC(C)=O)O[C@@]2(C(=O)CO)[C@@]3(C)CCC4C5C=CC(=O)C=C5CCC4C3C[C@]2(C)O1. The van der Waals surface area contributed by atoms with Crippen LogP contribution >= 0.6 is 0 Å². The quantitative estimate of drug-likeness (QED) is 0.610. The molecule has 5 rings (SSSR count). The van der Waals surface area contributed by atoms with Gasteiger partial charge in [-0.25, -0.2) is 0 Å². The van der Waals surface area contributed by atoms with Crippen LogP contribution in [0, 0.1) is 29.1 Å². The molecule has 0 amide bonds. The number of ether oxygens (including phenoxy) is 3. The highest BCUT2D eigenvalue weighted by molar-refractivity contribution is 6.00. The lowest BCUT2D eigenvalue weighted by molar-refractivity contribution is -0.348. The van der Waals surface area contributed by atoms with Gasteiger partial charge in [-0.05, 0) is 75.4 Å². The van der Waals surface area contributed by atoms with Gasteiger partial charge < -0.3 is 14.6 Å². The molecule has 0 aromatic heterocycles. The summed E-state index contributed by atoms with van der Waals surface area (Å²) < 4.78 is 18.7. The predicted octanol–water partition coefficient (Wildman–Crippen LogP) is 3.64. The molecule has 0 bridgehead atoms. The monoisotopic (exact) mass is 472 g/mol. The smallest absolute Gasteiger partial charge is 0.330 e. The number of ketones is 2. The lowest BCUT2D eigenvalue weighted by atomic mass is 9.50. The minimum atomic E-state index is -1.63. The Hall–Kier alpha value is -1.83. The summed E-state index contributed by atoms with van der Waals surface area (Å²) in [5.74, 6) is -1.31. The van der Waals surface area contributed by atoms with E-state index in [0.29, 0.717) is 31.1 Å². The van der Waals surface area contributed by atoms with Crippen LogP contribution in [0.5, 0.6) is 0 Å². The van der Waals surface area contributed by atoms with Crippen LogP contribution in [0.15, 0.2) is 23.8 Å². The van der Waals surface area contributed by atoms with Crippen molar-refractivity contribution in [2.75, 3.05) is 6.61 Å². The molecule has 1 aliphatic heterocycles. The van der Waals surface area contributed by atoms with E-state index < -0.39 is 40.9 Å². The molecule has 5 aliphatic rings. The van der Waals surface area contributed by atoms with Gasteiger partial charge in [-0.15, -0.1) is 0 Å². The Kier molecular flexibility index (Phi) is 5.51. The van der Waals surface area contributed by atoms with Crippen molar-refractivity contribution in [3.63, 3.8) is 0 Å². The fraction of sp³-hybridized carbons (Fsp3) is 0.741. The number of aliphatic hydroxyl groups is 1. The molecule has 186 valence electrons. The summed E-state index contributed by atoms with van der Waals surface area (Å²) in [5, 5.41) is 10.1. The van der Waals surface area contributed by atoms with E-state index in [1.165, 1.54) is 12.5 Å². The summed E-state index contributed by atoms with van der Waals surface area (Å²) in [6.07, 6.45) is 10.6. The van der Waals surface area contributed by atoms with E-state index in [9.17, 15) is 19.5 Å². The van der Waals surface area contributed by atoms with Crippen LogP contribution in [0.3, 0.4) is 0 Å². The lowest BCUT2D eigenvalue weighted by Crippen LogP contribution is -2.63. The molecule has 8 atom stereocenters. The Morgan fingerprint density at radius 2 is 1.97 bits per heavy atom. The molecule has 0 spiro atoms. The van der Waals surface area contributed by atoms with Crippen molar-refractivity contribution in [3.05, 3.63) is 23.8 Å². The summed E-state index contributed by atoms with van der Waals surface area (Å²) in [5.41, 5.74) is -1.77. The maximum absolute atomic E-state index is 13.6. The Bertz CT molecular complexity index is 983. The number of esters is 1. The fourth-order valence-electron chi connectivity index (χ4n) is 8.56. The lowest BCUT2D eigenvalue weighted by Gasteiger charge is -2.55. The van der Waals surface area contributed by atoms with E-state index in [1.54, 1.807) is 12.2 Å². The molecule has 4 aliphatic carbocycles. The number of fused-ring (bicyclic) bond motifs is 7. The number of aliphatic hydroxyl groups excluding tert-OH is 1. The van der Waals surface area contributed by atoms with Gasteiger partial charge in [0.15, 0.2) is 17.2 Å². The zero-order chi connectivity index (χ0) is 24.5. The van der Waals surface area contributed by atoms with Crippen LogP contribution in [0.25, 0.3) is 0 Å². The molecule has 1 heterocycles. The number of Topliss-reactive ketones (excluding diaryl/α,β-unsaturated/α-hetero) is 1. The Balaban J connectivity index is 1.56. The van der Waals surface area contributed by atoms with Crippen LogP contribution in [0.4, 0.5) is 0 Å². The van der Waals surface area contributed by atoms with Gasteiger partial charge in [-0.1, -0.05) is 25.5 Å². The Morgan fingerprint density at radius 1 is 1.21 bits per heavy atom. The van der Waals surface area contributed by atoms with Crippen molar-refractivity contribution in [2.24, 2.45) is 29.1 Å². The minimum Gasteiger partial charge on any atom is -0.408 e. The standard InChI is InChI=1S/C27H36O7/c1-5-11-26(32-16(2)29)33-25(4)14-22-21-8-6-17-13-18(30)7-9-19(17)20(21)10-12-24(22,3)27(25,34-26)23(31)15-28/h7,9,13,19-22,28H,5-6,8,10-12,14-15H2,1-4H3/t19?,20?,21?,22?,24-,25-,26?,27-/m0/s1. The first-order valence-electron chi connectivity index (χ1n) is 12.7. The highest BCUT2D eigenvalue weighted by Crippen LogP contribution is 2.72. The average molecular weight is 473 g/mol. The molecule has 0 radical (unpaired) electrons. The summed E-state index contributed by atoms with van der Waals surface area (Å²) in [7, 11) is 0. The van der Waals surface area contributed by atoms with Crippen molar-refractivity contribution in [1.29, 1.82) is 0 Å². The molecule has 7 heteroatoms. The van der Waals surface area contributed by atoms with Crippen LogP contribution in [-0.4, -0.2) is 46.4 Å². The third-order valence-electron chi connectivity index (χ3n) is 9.57. The molecule has 5 unspecified atom stereocenters. The van der Waals surface area contributed by atoms with E-state index in [0.717, 1.165) is 25.7 Å². The third-order valence-corrected chi connectivity index (χ3v) is 9.57. The number of hydrogen-bond acceptors (Lipinski definition) is 7. The predicted molar refractivity (Wildman–Crippen MR) is 122 cm³/mol. The first kappa shape index (κ1) is 23.9. The molecule has 0 aromatic carbocycles. The summed E-state index contributed by atoms with van der Waals surface area (Å²) in [4.78, 5) is 37.6. The first-order valence-corrected chi connectivity index (χ1v) is 12.7. The Morgan fingerprint density at radius 3 is 2.65 bits per heavy atom. The zero-order valence-corrected chi connectivity index (χ0v) is 20.6. The van der Waals surface area contributed by atoms with Crippen molar-refractivity contribution < 1.29 is 33.7 Å². The normalized spacial score (nSPS) is 46.7. The van der Waals surface area contributed by atoms with Crippen LogP contribution in [0.1, 0.15) is 72.6 Å². The number of hydrogen-bond donors (Lipinski definition) is 1.